The van der Waals surface area contributed by atoms with Crippen molar-refractivity contribution in [2.75, 3.05) is 0 Å². The second kappa shape index (κ2) is 2.83. The van der Waals surface area contributed by atoms with Gasteiger partial charge in [0.25, 0.3) is 0 Å². The maximum atomic E-state index is 12.3. The third-order valence-electron chi connectivity index (χ3n) is 2.30. The van der Waals surface area contributed by atoms with E-state index in [0.29, 0.717) is 0 Å². The van der Waals surface area contributed by atoms with E-state index in [4.69, 9.17) is 0 Å². The lowest BCUT2D eigenvalue weighted by molar-refractivity contribution is -0.228. The van der Waals surface area contributed by atoms with Crippen molar-refractivity contribution in [3.63, 3.8) is 0 Å². The van der Waals surface area contributed by atoms with Crippen molar-refractivity contribution in [1.82, 2.24) is 0 Å². The Morgan fingerprint density at radius 3 is 2.64 bits per heavy atom. The zero-order valence-electron chi connectivity index (χ0n) is 6.82. The summed E-state index contributed by atoms with van der Waals surface area (Å²) in [6, 6.07) is 0. The molecule has 0 aromatic heterocycles. The number of hydrogen-bond acceptors (Lipinski definition) is 4. The third kappa shape index (κ3) is 1.36. The van der Waals surface area contributed by atoms with E-state index in [-0.39, 0.29) is 6.42 Å². The summed E-state index contributed by atoms with van der Waals surface area (Å²) in [6.45, 7) is 0. The molecule has 0 spiro atoms. The number of hydrogen-bond donors (Lipinski definition) is 1. The Kier molecular flexibility index (Phi) is 1.97. The van der Waals surface area contributed by atoms with Crippen molar-refractivity contribution >= 4 is 5.97 Å². The molecule has 2 aliphatic heterocycles. The maximum Gasteiger partial charge on any atom is 0.418 e. The van der Waals surface area contributed by atoms with Crippen LogP contribution in [0, 0.1) is 0 Å². The second-order valence-corrected chi connectivity index (χ2v) is 3.29. The molecule has 2 bridgehead atoms. The van der Waals surface area contributed by atoms with Crippen molar-refractivity contribution in [3.05, 3.63) is 0 Å². The van der Waals surface area contributed by atoms with Gasteiger partial charge in [-0.25, -0.2) is 0 Å². The number of rotatable bonds is 0. The summed E-state index contributed by atoms with van der Waals surface area (Å²) in [5.41, 5.74) is 0. The van der Waals surface area contributed by atoms with Gasteiger partial charge >= 0.3 is 12.1 Å². The number of ether oxygens (including phenoxy) is 2. The molecule has 4 unspecified atom stereocenters. The highest BCUT2D eigenvalue weighted by atomic mass is 19.4. The lowest BCUT2D eigenvalue weighted by Crippen LogP contribution is -2.46. The van der Waals surface area contributed by atoms with Crippen LogP contribution in [0.4, 0.5) is 13.2 Å². The summed E-state index contributed by atoms with van der Waals surface area (Å²) in [5.74, 6) is -0.767. The molecule has 0 aliphatic carbocycles. The summed E-state index contributed by atoms with van der Waals surface area (Å²) in [6.07, 6.45) is -11.2. The number of aliphatic hydroxyl groups is 1. The largest absolute Gasteiger partial charge is 0.456 e. The van der Waals surface area contributed by atoms with Crippen molar-refractivity contribution in [2.45, 2.75) is 37.0 Å². The zero-order valence-corrected chi connectivity index (χ0v) is 6.82. The smallest absolute Gasteiger partial charge is 0.418 e. The highest BCUT2D eigenvalue weighted by Gasteiger charge is 2.60. The molecular formula is C7H7F3O4. The number of aliphatic hydroxyl groups excluding tert-OH is 1. The first-order valence-corrected chi connectivity index (χ1v) is 3.99. The molecule has 2 heterocycles. The average Bonchev–Trinajstić information content (AvgIpc) is 2.29. The van der Waals surface area contributed by atoms with Crippen LogP contribution < -0.4 is 0 Å². The van der Waals surface area contributed by atoms with Crippen LogP contribution in [0.3, 0.4) is 0 Å². The summed E-state index contributed by atoms with van der Waals surface area (Å²) >= 11 is 0. The van der Waals surface area contributed by atoms with E-state index in [0.717, 1.165) is 0 Å². The molecule has 1 N–H and O–H groups in total. The maximum absolute atomic E-state index is 12.3. The van der Waals surface area contributed by atoms with Gasteiger partial charge in [0, 0.05) is 0 Å². The highest BCUT2D eigenvalue weighted by molar-refractivity contribution is 5.71. The van der Waals surface area contributed by atoms with Gasteiger partial charge in [0.1, 0.15) is 6.10 Å². The third-order valence-corrected chi connectivity index (χ3v) is 2.30. The standard InChI is InChI=1S/C7H7F3O4/c8-7(9,10)6-5-4(12)2(13-6)1-3(11)14-5/h2,4-6,12H,1H2. The minimum Gasteiger partial charge on any atom is -0.456 e. The van der Waals surface area contributed by atoms with Crippen molar-refractivity contribution in [1.29, 1.82) is 0 Å². The first-order valence-electron chi connectivity index (χ1n) is 3.99. The summed E-state index contributed by atoms with van der Waals surface area (Å²) in [5, 5.41) is 9.26. The Morgan fingerprint density at radius 2 is 2.07 bits per heavy atom. The average molecular weight is 212 g/mol. The van der Waals surface area contributed by atoms with Crippen LogP contribution in [0.1, 0.15) is 6.42 Å². The highest BCUT2D eigenvalue weighted by Crippen LogP contribution is 2.39. The van der Waals surface area contributed by atoms with Gasteiger partial charge in [-0.1, -0.05) is 0 Å². The quantitative estimate of drug-likeness (QED) is 0.574. The van der Waals surface area contributed by atoms with Crippen LogP contribution in [-0.4, -0.2) is 41.7 Å². The summed E-state index contributed by atoms with van der Waals surface area (Å²) < 4.78 is 45.7. The topological polar surface area (TPSA) is 55.8 Å². The van der Waals surface area contributed by atoms with Crippen LogP contribution in [0.2, 0.25) is 0 Å². The fourth-order valence-corrected chi connectivity index (χ4v) is 1.66. The van der Waals surface area contributed by atoms with Crippen molar-refractivity contribution < 1.29 is 32.5 Å². The van der Waals surface area contributed by atoms with E-state index in [9.17, 15) is 23.1 Å². The molecule has 0 amide bonds. The molecule has 80 valence electrons. The number of fused-ring (bicyclic) bond motifs is 2. The number of esters is 1. The van der Waals surface area contributed by atoms with Gasteiger partial charge < -0.3 is 14.6 Å². The molecule has 0 aromatic carbocycles. The van der Waals surface area contributed by atoms with Crippen LogP contribution in [-0.2, 0) is 14.3 Å². The molecule has 7 heteroatoms. The molecule has 4 nitrogen and oxygen atoms in total. The van der Waals surface area contributed by atoms with E-state index in [1.54, 1.807) is 0 Å². The lowest BCUT2D eigenvalue weighted by atomic mass is 10.0. The minimum atomic E-state index is -4.62. The number of carbonyl (C=O) groups is 1. The first kappa shape index (κ1) is 9.72. The molecular weight excluding hydrogens is 205 g/mol. The van der Waals surface area contributed by atoms with E-state index >= 15 is 0 Å². The molecule has 2 aliphatic rings. The van der Waals surface area contributed by atoms with Crippen molar-refractivity contribution in [2.24, 2.45) is 0 Å². The molecule has 0 radical (unpaired) electrons. The van der Waals surface area contributed by atoms with Crippen LogP contribution in [0.5, 0.6) is 0 Å². The van der Waals surface area contributed by atoms with Gasteiger partial charge in [-0.15, -0.1) is 0 Å². The molecule has 4 atom stereocenters. The van der Waals surface area contributed by atoms with E-state index in [1.807, 2.05) is 0 Å². The van der Waals surface area contributed by atoms with Gasteiger partial charge in [0.2, 0.25) is 0 Å². The molecule has 2 rings (SSSR count). The zero-order chi connectivity index (χ0) is 10.5. The Hall–Kier alpha value is -0.820. The molecule has 0 aromatic rings. The molecule has 14 heavy (non-hydrogen) atoms. The normalized spacial score (nSPS) is 42.4. The Balaban J connectivity index is 2.22. The predicted octanol–water partition coefficient (Wildman–Crippen LogP) is -0.00750. The number of halogens is 3. The fourth-order valence-electron chi connectivity index (χ4n) is 1.66. The van der Waals surface area contributed by atoms with Crippen molar-refractivity contribution in [3.8, 4) is 0 Å². The van der Waals surface area contributed by atoms with Crippen LogP contribution >= 0.6 is 0 Å². The number of alkyl halides is 3. The lowest BCUT2D eigenvalue weighted by Gasteiger charge is -2.24. The van der Waals surface area contributed by atoms with Gasteiger partial charge in [0.15, 0.2) is 12.2 Å². The first-order chi connectivity index (χ1) is 6.39. The van der Waals surface area contributed by atoms with Gasteiger partial charge in [-0.2, -0.15) is 13.2 Å². The van der Waals surface area contributed by atoms with Gasteiger partial charge in [0.05, 0.1) is 12.5 Å². The Morgan fingerprint density at radius 1 is 1.43 bits per heavy atom. The minimum absolute atomic E-state index is 0.329. The molecule has 0 saturated carbocycles. The fraction of sp³-hybridized carbons (Fsp3) is 0.857. The molecule has 2 saturated heterocycles. The van der Waals surface area contributed by atoms with E-state index in [1.165, 1.54) is 0 Å². The second-order valence-electron chi connectivity index (χ2n) is 3.29. The van der Waals surface area contributed by atoms with Gasteiger partial charge in [-0.3, -0.25) is 4.79 Å². The summed E-state index contributed by atoms with van der Waals surface area (Å²) in [4.78, 5) is 10.8. The van der Waals surface area contributed by atoms with Crippen LogP contribution in [0.15, 0.2) is 0 Å². The molecule has 2 fully saturated rings. The predicted molar refractivity (Wildman–Crippen MR) is 35.2 cm³/mol. The monoisotopic (exact) mass is 212 g/mol. The van der Waals surface area contributed by atoms with Crippen LogP contribution in [0.25, 0.3) is 0 Å². The van der Waals surface area contributed by atoms with E-state index < -0.39 is 36.6 Å². The number of carbonyl (C=O) groups excluding carboxylic acids is 1. The summed E-state index contributed by atoms with van der Waals surface area (Å²) in [7, 11) is 0. The van der Waals surface area contributed by atoms with E-state index in [2.05, 4.69) is 9.47 Å². The Labute approximate surface area is 76.6 Å². The SMILES string of the molecule is O=C1CC2OC(C(F)(F)F)C(O1)C2O. The Bertz CT molecular complexity index is 264. The van der Waals surface area contributed by atoms with Gasteiger partial charge in [-0.05, 0) is 0 Å².